The fourth-order valence-electron chi connectivity index (χ4n) is 3.84. The first kappa shape index (κ1) is 20.6. The van der Waals surface area contributed by atoms with Crippen LogP contribution in [0, 0.1) is 0 Å². The smallest absolute Gasteiger partial charge is 0.120 e. The van der Waals surface area contributed by atoms with Crippen LogP contribution in [0.2, 0.25) is 0 Å². The molecule has 0 radical (unpaired) electrons. The van der Waals surface area contributed by atoms with Crippen LogP contribution in [-0.2, 0) is 11.3 Å². The van der Waals surface area contributed by atoms with Gasteiger partial charge in [0.25, 0.3) is 0 Å². The van der Waals surface area contributed by atoms with Crippen molar-refractivity contribution in [3.63, 3.8) is 0 Å². The number of hydrogen-bond donors (Lipinski definition) is 3. The summed E-state index contributed by atoms with van der Waals surface area (Å²) in [5, 5.41) is 29.9. The number of hydrogen-bond acceptors (Lipinski definition) is 5. The predicted molar refractivity (Wildman–Crippen MR) is 114 cm³/mol. The van der Waals surface area contributed by atoms with E-state index in [0.717, 1.165) is 16.7 Å². The molecular weight excluding hydrogens is 380 g/mol. The van der Waals surface area contributed by atoms with Crippen LogP contribution in [0.1, 0.15) is 23.7 Å². The Morgan fingerprint density at radius 2 is 1.67 bits per heavy atom. The SMILES string of the molecule is OCC1CC(O)C(O)C(c2cccc(OCc3ccccc3-c3ccccc3)c2)O1. The molecule has 5 heteroatoms. The van der Waals surface area contributed by atoms with Gasteiger partial charge >= 0.3 is 0 Å². The second-order valence-corrected chi connectivity index (χ2v) is 7.54. The maximum atomic E-state index is 10.4. The van der Waals surface area contributed by atoms with Crippen LogP contribution >= 0.6 is 0 Å². The monoisotopic (exact) mass is 406 g/mol. The molecule has 5 nitrogen and oxygen atoms in total. The molecule has 3 N–H and O–H groups in total. The van der Waals surface area contributed by atoms with Crippen molar-refractivity contribution in [3.8, 4) is 16.9 Å². The second-order valence-electron chi connectivity index (χ2n) is 7.54. The number of aliphatic hydroxyl groups excluding tert-OH is 3. The number of benzene rings is 3. The molecule has 1 aliphatic rings. The lowest BCUT2D eigenvalue weighted by atomic mass is 9.93. The van der Waals surface area contributed by atoms with Crippen molar-refractivity contribution in [1.82, 2.24) is 0 Å². The van der Waals surface area contributed by atoms with Crippen LogP contribution in [0.3, 0.4) is 0 Å². The van der Waals surface area contributed by atoms with Gasteiger partial charge in [0.15, 0.2) is 0 Å². The Kier molecular flexibility index (Phi) is 6.45. The predicted octanol–water partition coefficient (Wildman–Crippen LogP) is 3.48. The van der Waals surface area contributed by atoms with Gasteiger partial charge in [-0.3, -0.25) is 0 Å². The minimum Gasteiger partial charge on any atom is -0.489 e. The molecule has 1 heterocycles. The fourth-order valence-corrected chi connectivity index (χ4v) is 3.84. The quantitative estimate of drug-likeness (QED) is 0.584. The van der Waals surface area contributed by atoms with E-state index >= 15 is 0 Å². The van der Waals surface area contributed by atoms with E-state index in [-0.39, 0.29) is 13.0 Å². The molecule has 30 heavy (non-hydrogen) atoms. The van der Waals surface area contributed by atoms with Gasteiger partial charge in [-0.25, -0.2) is 0 Å². The number of ether oxygens (including phenoxy) is 2. The molecule has 156 valence electrons. The molecule has 1 saturated heterocycles. The van der Waals surface area contributed by atoms with E-state index in [1.807, 2.05) is 60.7 Å². The van der Waals surface area contributed by atoms with Crippen LogP contribution in [0.25, 0.3) is 11.1 Å². The maximum absolute atomic E-state index is 10.4. The third kappa shape index (κ3) is 4.55. The topological polar surface area (TPSA) is 79.2 Å². The number of rotatable bonds is 6. The van der Waals surface area contributed by atoms with Crippen molar-refractivity contribution < 1.29 is 24.8 Å². The normalized spacial score (nSPS) is 23.8. The average molecular weight is 406 g/mol. The Morgan fingerprint density at radius 1 is 0.900 bits per heavy atom. The molecule has 0 saturated carbocycles. The van der Waals surface area contributed by atoms with Gasteiger partial charge in [0, 0.05) is 6.42 Å². The van der Waals surface area contributed by atoms with E-state index in [4.69, 9.17) is 9.47 Å². The highest BCUT2D eigenvalue weighted by Crippen LogP contribution is 2.33. The van der Waals surface area contributed by atoms with Gasteiger partial charge in [0.1, 0.15) is 24.6 Å². The van der Waals surface area contributed by atoms with E-state index in [1.165, 1.54) is 0 Å². The zero-order valence-electron chi connectivity index (χ0n) is 16.6. The van der Waals surface area contributed by atoms with Crippen molar-refractivity contribution in [2.24, 2.45) is 0 Å². The lowest BCUT2D eigenvalue weighted by Gasteiger charge is -2.36. The summed E-state index contributed by atoms with van der Waals surface area (Å²) < 4.78 is 11.8. The zero-order valence-corrected chi connectivity index (χ0v) is 16.6. The van der Waals surface area contributed by atoms with E-state index in [2.05, 4.69) is 18.2 Å². The summed E-state index contributed by atoms with van der Waals surface area (Å²) in [6, 6.07) is 25.6. The summed E-state index contributed by atoms with van der Waals surface area (Å²) in [6.45, 7) is 0.192. The summed E-state index contributed by atoms with van der Waals surface area (Å²) >= 11 is 0. The molecule has 1 aliphatic heterocycles. The van der Waals surface area contributed by atoms with Crippen LogP contribution in [0.15, 0.2) is 78.9 Å². The third-order valence-electron chi connectivity index (χ3n) is 5.43. The first-order valence-corrected chi connectivity index (χ1v) is 10.1. The summed E-state index contributed by atoms with van der Waals surface area (Å²) in [5.41, 5.74) is 4.02. The molecule has 1 fully saturated rings. The van der Waals surface area contributed by atoms with Gasteiger partial charge in [-0.2, -0.15) is 0 Å². The Labute approximate surface area is 176 Å². The minimum atomic E-state index is -1.05. The highest BCUT2D eigenvalue weighted by molar-refractivity contribution is 5.67. The number of aliphatic hydroxyl groups is 3. The summed E-state index contributed by atoms with van der Waals surface area (Å²) in [7, 11) is 0. The third-order valence-corrected chi connectivity index (χ3v) is 5.43. The standard InChI is InChI=1S/C25H26O5/c26-15-21-14-23(27)24(28)25(30-21)18-10-6-11-20(13-18)29-16-19-9-4-5-12-22(19)17-7-2-1-3-8-17/h1-13,21,23-28H,14-16H2. The molecule has 0 amide bonds. The van der Waals surface area contributed by atoms with Crippen molar-refractivity contribution in [2.45, 2.75) is 37.4 Å². The molecule has 0 spiro atoms. The second kappa shape index (κ2) is 9.41. The lowest BCUT2D eigenvalue weighted by molar-refractivity contribution is -0.179. The van der Waals surface area contributed by atoms with Crippen LogP contribution in [0.5, 0.6) is 5.75 Å². The molecule has 0 aromatic heterocycles. The van der Waals surface area contributed by atoms with E-state index in [9.17, 15) is 15.3 Å². The highest BCUT2D eigenvalue weighted by Gasteiger charge is 2.37. The molecule has 3 aromatic carbocycles. The van der Waals surface area contributed by atoms with Gasteiger partial charge in [0.2, 0.25) is 0 Å². The lowest BCUT2D eigenvalue weighted by Crippen LogP contribution is -2.44. The van der Waals surface area contributed by atoms with Gasteiger partial charge in [-0.1, -0.05) is 66.7 Å². The van der Waals surface area contributed by atoms with Crippen molar-refractivity contribution in [1.29, 1.82) is 0 Å². The largest absolute Gasteiger partial charge is 0.489 e. The van der Waals surface area contributed by atoms with E-state index in [0.29, 0.717) is 17.9 Å². The molecule has 0 aliphatic carbocycles. The fraction of sp³-hybridized carbons (Fsp3) is 0.280. The Morgan fingerprint density at radius 3 is 2.47 bits per heavy atom. The van der Waals surface area contributed by atoms with Crippen molar-refractivity contribution in [2.75, 3.05) is 6.61 Å². The maximum Gasteiger partial charge on any atom is 0.120 e. The van der Waals surface area contributed by atoms with Gasteiger partial charge < -0.3 is 24.8 Å². The first-order valence-electron chi connectivity index (χ1n) is 10.1. The molecule has 4 unspecified atom stereocenters. The average Bonchev–Trinajstić information content (AvgIpc) is 2.80. The van der Waals surface area contributed by atoms with Crippen molar-refractivity contribution in [3.05, 3.63) is 90.0 Å². The van der Waals surface area contributed by atoms with Crippen molar-refractivity contribution >= 4 is 0 Å². The Balaban J connectivity index is 1.51. The van der Waals surface area contributed by atoms with E-state index < -0.39 is 24.4 Å². The summed E-state index contributed by atoms with van der Waals surface area (Å²) in [4.78, 5) is 0. The van der Waals surface area contributed by atoms with Crippen LogP contribution in [-0.4, -0.2) is 40.2 Å². The van der Waals surface area contributed by atoms with Gasteiger partial charge in [-0.15, -0.1) is 0 Å². The molecule has 3 aromatic rings. The van der Waals surface area contributed by atoms with Crippen LogP contribution < -0.4 is 4.74 Å². The van der Waals surface area contributed by atoms with Gasteiger partial charge in [-0.05, 0) is 34.4 Å². The van der Waals surface area contributed by atoms with E-state index in [1.54, 1.807) is 0 Å². The highest BCUT2D eigenvalue weighted by atomic mass is 16.5. The molecule has 0 bridgehead atoms. The molecule has 4 rings (SSSR count). The Hall–Kier alpha value is -2.70. The molecule has 4 atom stereocenters. The molecular formula is C25H26O5. The summed E-state index contributed by atoms with van der Waals surface area (Å²) in [5.74, 6) is 0.645. The first-order chi connectivity index (χ1) is 14.7. The summed E-state index contributed by atoms with van der Waals surface area (Å²) in [6.07, 6.45) is -3.01. The zero-order chi connectivity index (χ0) is 20.9. The van der Waals surface area contributed by atoms with Crippen LogP contribution in [0.4, 0.5) is 0 Å². The minimum absolute atomic E-state index is 0.202. The van der Waals surface area contributed by atoms with Gasteiger partial charge in [0.05, 0.1) is 18.8 Å². The Bertz CT molecular complexity index is 959.